The Balaban J connectivity index is 1.69. The summed E-state index contributed by atoms with van der Waals surface area (Å²) in [6.45, 7) is 6.29. The molecule has 0 aromatic carbocycles. The van der Waals surface area contributed by atoms with E-state index in [9.17, 15) is 14.7 Å². The summed E-state index contributed by atoms with van der Waals surface area (Å²) in [5.41, 5.74) is 1.51. The summed E-state index contributed by atoms with van der Waals surface area (Å²) in [6.07, 6.45) is 8.26. The van der Waals surface area contributed by atoms with Crippen LogP contribution in [0.3, 0.4) is 0 Å². The molecule has 0 spiro atoms. The molecule has 24 heavy (non-hydrogen) atoms. The number of carbonyl (C=O) groups is 2. The van der Waals surface area contributed by atoms with Crippen LogP contribution in [0.1, 0.15) is 65.7 Å². The fraction of sp³-hybridized carbons (Fsp3) is 0.810. The van der Waals surface area contributed by atoms with Crippen LogP contribution in [0.4, 0.5) is 0 Å². The van der Waals surface area contributed by atoms with Gasteiger partial charge in [-0.25, -0.2) is 0 Å². The maximum absolute atomic E-state index is 12.2. The average molecular weight is 330 g/mol. The summed E-state index contributed by atoms with van der Waals surface area (Å²) >= 11 is 0. The molecule has 4 aliphatic carbocycles. The Hall–Kier alpha value is -0.960. The maximum atomic E-state index is 12.2. The molecule has 1 N–H and O–H groups in total. The second kappa shape index (κ2) is 5.27. The number of Topliss-reactive ketones (excluding diaryl/α,β-unsaturated/α-hetero) is 1. The molecular weight excluding hydrogens is 300 g/mol. The van der Waals surface area contributed by atoms with Crippen LogP contribution < -0.4 is 0 Å². The van der Waals surface area contributed by atoms with E-state index < -0.39 is 6.10 Å². The molecule has 4 aliphatic rings. The number of ketones is 2. The molecule has 0 saturated heterocycles. The standard InChI is InChI=1S/C21H30O3/c1-12(22)19-18(24)11-17-15-5-4-13-10-14(23)6-8-20(13,2)16(15)7-9-21(17,19)3/h10,15-19,24H,4-9,11H2,1-3H3/t15-,16+,17+,18?,19-,20+,21+/m1/s1. The number of allylic oxidation sites excluding steroid dienone is 1. The van der Waals surface area contributed by atoms with E-state index in [-0.39, 0.29) is 22.5 Å². The number of aliphatic hydroxyl groups is 1. The first-order valence-corrected chi connectivity index (χ1v) is 9.70. The molecule has 3 saturated carbocycles. The lowest BCUT2D eigenvalue weighted by atomic mass is 9.46. The molecule has 0 amide bonds. The molecule has 7 atom stereocenters. The van der Waals surface area contributed by atoms with Gasteiger partial charge in [0.2, 0.25) is 0 Å². The maximum Gasteiger partial charge on any atom is 0.155 e. The smallest absolute Gasteiger partial charge is 0.155 e. The van der Waals surface area contributed by atoms with E-state index in [1.165, 1.54) is 5.57 Å². The van der Waals surface area contributed by atoms with Crippen molar-refractivity contribution in [3.8, 4) is 0 Å². The molecule has 0 radical (unpaired) electrons. The van der Waals surface area contributed by atoms with Gasteiger partial charge in [-0.1, -0.05) is 19.4 Å². The summed E-state index contributed by atoms with van der Waals surface area (Å²) < 4.78 is 0. The van der Waals surface area contributed by atoms with Gasteiger partial charge in [-0.3, -0.25) is 9.59 Å². The summed E-state index contributed by atoms with van der Waals surface area (Å²) in [7, 11) is 0. The zero-order valence-corrected chi connectivity index (χ0v) is 15.2. The fourth-order valence-corrected chi connectivity index (χ4v) is 7.31. The van der Waals surface area contributed by atoms with Gasteiger partial charge in [0.25, 0.3) is 0 Å². The zero-order valence-electron chi connectivity index (χ0n) is 15.2. The first-order valence-electron chi connectivity index (χ1n) is 9.70. The Bertz CT molecular complexity index is 621. The molecule has 0 aliphatic heterocycles. The largest absolute Gasteiger partial charge is 0.392 e. The van der Waals surface area contributed by atoms with Crippen molar-refractivity contribution in [2.75, 3.05) is 0 Å². The Morgan fingerprint density at radius 1 is 1.17 bits per heavy atom. The van der Waals surface area contributed by atoms with Crippen molar-refractivity contribution in [2.24, 2.45) is 34.5 Å². The molecule has 0 bridgehead atoms. The van der Waals surface area contributed by atoms with E-state index in [1.807, 2.05) is 6.08 Å². The highest BCUT2D eigenvalue weighted by molar-refractivity contribution is 5.91. The van der Waals surface area contributed by atoms with Gasteiger partial charge >= 0.3 is 0 Å². The topological polar surface area (TPSA) is 54.4 Å². The van der Waals surface area contributed by atoms with Gasteiger partial charge < -0.3 is 5.11 Å². The van der Waals surface area contributed by atoms with E-state index in [1.54, 1.807) is 6.92 Å². The Morgan fingerprint density at radius 3 is 2.62 bits per heavy atom. The van der Waals surface area contributed by atoms with E-state index in [4.69, 9.17) is 0 Å². The first-order chi connectivity index (χ1) is 11.3. The van der Waals surface area contributed by atoms with Gasteiger partial charge in [-0.15, -0.1) is 0 Å². The highest BCUT2D eigenvalue weighted by Gasteiger charge is 2.62. The first kappa shape index (κ1) is 16.5. The molecule has 4 rings (SSSR count). The number of hydrogen-bond acceptors (Lipinski definition) is 3. The third-order valence-corrected chi connectivity index (χ3v) is 8.43. The van der Waals surface area contributed by atoms with Crippen molar-refractivity contribution >= 4 is 11.6 Å². The third-order valence-electron chi connectivity index (χ3n) is 8.43. The number of hydrogen-bond donors (Lipinski definition) is 1. The lowest BCUT2D eigenvalue weighted by Crippen LogP contribution is -2.51. The normalized spacial score (nSPS) is 50.6. The molecule has 0 aromatic heterocycles. The molecule has 3 heteroatoms. The van der Waals surface area contributed by atoms with Gasteiger partial charge in [0.1, 0.15) is 5.78 Å². The Morgan fingerprint density at radius 2 is 1.92 bits per heavy atom. The molecule has 1 unspecified atom stereocenters. The number of aliphatic hydroxyl groups excluding tert-OH is 1. The second-order valence-corrected chi connectivity index (χ2v) is 9.40. The minimum Gasteiger partial charge on any atom is -0.392 e. The molecule has 3 nitrogen and oxygen atoms in total. The van der Waals surface area contributed by atoms with E-state index in [0.717, 1.165) is 38.5 Å². The minimum atomic E-state index is -0.464. The van der Waals surface area contributed by atoms with Crippen LogP contribution in [0.25, 0.3) is 0 Å². The minimum absolute atomic E-state index is 0.0333. The van der Waals surface area contributed by atoms with Crippen LogP contribution in [0.5, 0.6) is 0 Å². The van der Waals surface area contributed by atoms with E-state index >= 15 is 0 Å². The van der Waals surface area contributed by atoms with Gasteiger partial charge in [-0.05, 0) is 80.1 Å². The van der Waals surface area contributed by atoms with Crippen molar-refractivity contribution in [1.82, 2.24) is 0 Å². The fourth-order valence-electron chi connectivity index (χ4n) is 7.31. The van der Waals surface area contributed by atoms with Crippen molar-refractivity contribution in [1.29, 1.82) is 0 Å². The van der Waals surface area contributed by atoms with Gasteiger partial charge in [0.15, 0.2) is 5.78 Å². The lowest BCUT2D eigenvalue weighted by molar-refractivity contribution is -0.131. The summed E-state index contributed by atoms with van der Waals surface area (Å²) in [6, 6.07) is 0. The SMILES string of the molecule is CC(=O)[C@@H]1C(O)C[C@H]2[C@@H]3CCC4=CC(=O)CC[C@]4(C)[C@H]3CC[C@]12C. The molecule has 0 heterocycles. The van der Waals surface area contributed by atoms with Crippen LogP contribution in [0.15, 0.2) is 11.6 Å². The van der Waals surface area contributed by atoms with Crippen molar-refractivity contribution in [3.63, 3.8) is 0 Å². The van der Waals surface area contributed by atoms with E-state index in [0.29, 0.717) is 30.0 Å². The zero-order chi connectivity index (χ0) is 17.3. The quantitative estimate of drug-likeness (QED) is 0.797. The van der Waals surface area contributed by atoms with E-state index in [2.05, 4.69) is 13.8 Å². The van der Waals surface area contributed by atoms with Crippen LogP contribution in [-0.2, 0) is 9.59 Å². The van der Waals surface area contributed by atoms with Gasteiger partial charge in [-0.2, -0.15) is 0 Å². The van der Waals surface area contributed by atoms with Crippen LogP contribution in [0, 0.1) is 34.5 Å². The van der Waals surface area contributed by atoms with Gasteiger partial charge in [0.05, 0.1) is 6.10 Å². The third kappa shape index (κ3) is 2.06. The van der Waals surface area contributed by atoms with Crippen molar-refractivity contribution in [3.05, 3.63) is 11.6 Å². The average Bonchev–Trinajstić information content (AvgIpc) is 2.78. The van der Waals surface area contributed by atoms with Crippen LogP contribution in [0.2, 0.25) is 0 Å². The lowest BCUT2D eigenvalue weighted by Gasteiger charge is -2.57. The summed E-state index contributed by atoms with van der Waals surface area (Å²) in [5, 5.41) is 10.6. The predicted octanol–water partition coefficient (Wildman–Crippen LogP) is 3.69. The molecule has 132 valence electrons. The molecule has 0 aromatic rings. The molecular formula is C21H30O3. The summed E-state index contributed by atoms with van der Waals surface area (Å²) in [5.74, 6) is 1.95. The van der Waals surface area contributed by atoms with Crippen molar-refractivity contribution in [2.45, 2.75) is 71.8 Å². The number of carbonyl (C=O) groups excluding carboxylic acids is 2. The summed E-state index contributed by atoms with van der Waals surface area (Å²) in [4.78, 5) is 24.1. The number of fused-ring (bicyclic) bond motifs is 5. The predicted molar refractivity (Wildman–Crippen MR) is 92.3 cm³/mol. The van der Waals surface area contributed by atoms with Crippen LogP contribution >= 0.6 is 0 Å². The highest BCUT2D eigenvalue weighted by Crippen LogP contribution is 2.66. The van der Waals surface area contributed by atoms with Gasteiger partial charge in [0, 0.05) is 12.3 Å². The van der Waals surface area contributed by atoms with Crippen LogP contribution in [-0.4, -0.2) is 22.8 Å². The Labute approximate surface area is 144 Å². The number of rotatable bonds is 1. The second-order valence-electron chi connectivity index (χ2n) is 9.40. The van der Waals surface area contributed by atoms with Crippen molar-refractivity contribution < 1.29 is 14.7 Å². The monoisotopic (exact) mass is 330 g/mol. The molecule has 3 fully saturated rings. The Kier molecular flexibility index (Phi) is 3.62. The highest BCUT2D eigenvalue weighted by atomic mass is 16.3.